The third-order valence-electron chi connectivity index (χ3n) is 6.49. The maximum absolute atomic E-state index is 12.8. The first-order valence-electron chi connectivity index (χ1n) is 10.5. The standard InChI is InChI=1S/C22H31N3OS/c23-14-18-4-1-3-17(13-18)6-7-22(26)25-10-2-5-20(25)16-24-11-8-21-19(15-24)9-12-27-21/h9,12,17-18,20H,1-5,8,10-11,13-16,23H2/t17-,18-,20+/m1/s1. The van der Waals surface area contributed by atoms with E-state index in [1.807, 2.05) is 16.2 Å². The van der Waals surface area contributed by atoms with Crippen LogP contribution >= 0.6 is 11.3 Å². The van der Waals surface area contributed by atoms with Crippen molar-refractivity contribution in [1.29, 1.82) is 0 Å². The van der Waals surface area contributed by atoms with Gasteiger partial charge in [-0.1, -0.05) is 12.3 Å². The molecule has 2 fully saturated rings. The van der Waals surface area contributed by atoms with Crippen LogP contribution in [0.5, 0.6) is 0 Å². The summed E-state index contributed by atoms with van der Waals surface area (Å²) in [6.07, 6.45) is 7.97. The minimum Gasteiger partial charge on any atom is -0.330 e. The molecule has 0 spiro atoms. The average Bonchev–Trinajstić information content (AvgIpc) is 3.35. The molecule has 0 aromatic carbocycles. The molecule has 3 atom stereocenters. The van der Waals surface area contributed by atoms with E-state index in [0.29, 0.717) is 17.9 Å². The van der Waals surface area contributed by atoms with E-state index in [4.69, 9.17) is 5.73 Å². The molecule has 0 radical (unpaired) electrons. The molecular weight excluding hydrogens is 354 g/mol. The van der Waals surface area contributed by atoms with Crippen molar-refractivity contribution >= 4 is 17.2 Å². The minimum atomic E-state index is 0.0422. The van der Waals surface area contributed by atoms with Gasteiger partial charge in [-0.15, -0.1) is 11.3 Å². The van der Waals surface area contributed by atoms with Crippen LogP contribution in [0.15, 0.2) is 11.4 Å². The second-order valence-corrected chi connectivity index (χ2v) is 9.38. The number of fused-ring (bicyclic) bond motifs is 1. The van der Waals surface area contributed by atoms with E-state index < -0.39 is 0 Å². The maximum Gasteiger partial charge on any atom is 0.298 e. The van der Waals surface area contributed by atoms with Crippen molar-refractivity contribution in [1.82, 2.24) is 9.80 Å². The van der Waals surface area contributed by atoms with Crippen LogP contribution in [0, 0.1) is 23.7 Å². The van der Waals surface area contributed by atoms with Crippen molar-refractivity contribution in [2.75, 3.05) is 26.2 Å². The van der Waals surface area contributed by atoms with Crippen LogP contribution in [0.2, 0.25) is 0 Å². The Bertz CT molecular complexity index is 719. The summed E-state index contributed by atoms with van der Waals surface area (Å²) in [4.78, 5) is 18.9. The van der Waals surface area contributed by atoms with Gasteiger partial charge in [0.2, 0.25) is 0 Å². The van der Waals surface area contributed by atoms with Crippen molar-refractivity contribution in [3.63, 3.8) is 0 Å². The van der Waals surface area contributed by atoms with Crippen molar-refractivity contribution in [3.05, 3.63) is 21.9 Å². The van der Waals surface area contributed by atoms with Gasteiger partial charge in [0.25, 0.3) is 5.91 Å². The Hall–Kier alpha value is -1.35. The SMILES string of the molecule is NC[C@@H]1CCC[C@H](C#CC(=O)N2CCC[C@H]2CN2CCc3sccc3C2)C1. The number of amides is 1. The van der Waals surface area contributed by atoms with E-state index in [2.05, 4.69) is 28.2 Å². The van der Waals surface area contributed by atoms with Crippen LogP contribution in [-0.2, 0) is 17.8 Å². The minimum absolute atomic E-state index is 0.0422. The number of carbonyl (C=O) groups excluding carboxylic acids is 1. The van der Waals surface area contributed by atoms with Crippen LogP contribution in [0.3, 0.4) is 0 Å². The fourth-order valence-electron chi connectivity index (χ4n) is 4.93. The monoisotopic (exact) mass is 385 g/mol. The van der Waals surface area contributed by atoms with E-state index in [-0.39, 0.29) is 5.91 Å². The van der Waals surface area contributed by atoms with E-state index in [9.17, 15) is 4.79 Å². The molecule has 0 bridgehead atoms. The lowest BCUT2D eigenvalue weighted by molar-refractivity contribution is -0.126. The van der Waals surface area contributed by atoms with Gasteiger partial charge in [0, 0.05) is 43.0 Å². The average molecular weight is 386 g/mol. The number of hydrogen-bond donors (Lipinski definition) is 1. The first kappa shape index (κ1) is 19.0. The fourth-order valence-corrected chi connectivity index (χ4v) is 5.82. The Morgan fingerprint density at radius 2 is 2.19 bits per heavy atom. The molecule has 2 aliphatic heterocycles. The Kier molecular flexibility index (Phi) is 6.17. The largest absolute Gasteiger partial charge is 0.330 e. The Balaban J connectivity index is 1.33. The molecule has 4 nitrogen and oxygen atoms in total. The summed E-state index contributed by atoms with van der Waals surface area (Å²) in [5, 5.41) is 2.20. The number of carbonyl (C=O) groups is 1. The van der Waals surface area contributed by atoms with Crippen LogP contribution in [-0.4, -0.2) is 47.9 Å². The first-order valence-corrected chi connectivity index (χ1v) is 11.4. The molecule has 3 heterocycles. The predicted molar refractivity (Wildman–Crippen MR) is 110 cm³/mol. The zero-order valence-corrected chi connectivity index (χ0v) is 17.0. The molecule has 27 heavy (non-hydrogen) atoms. The number of likely N-dealkylation sites (tertiary alicyclic amines) is 1. The topological polar surface area (TPSA) is 49.6 Å². The van der Waals surface area contributed by atoms with Crippen molar-refractivity contribution < 1.29 is 4.79 Å². The zero-order chi connectivity index (χ0) is 18.6. The predicted octanol–water partition coefficient (Wildman–Crippen LogP) is 2.87. The Morgan fingerprint density at radius 1 is 1.26 bits per heavy atom. The third-order valence-corrected chi connectivity index (χ3v) is 7.52. The summed E-state index contributed by atoms with van der Waals surface area (Å²) in [6.45, 7) is 4.75. The lowest BCUT2D eigenvalue weighted by atomic mass is 9.82. The Labute approximate surface area is 167 Å². The van der Waals surface area contributed by atoms with Crippen LogP contribution in [0.25, 0.3) is 0 Å². The number of nitrogens with zero attached hydrogens (tertiary/aromatic N) is 2. The molecule has 1 aromatic heterocycles. The highest BCUT2D eigenvalue weighted by atomic mass is 32.1. The van der Waals surface area contributed by atoms with Gasteiger partial charge in [-0.25, -0.2) is 0 Å². The highest BCUT2D eigenvalue weighted by Crippen LogP contribution is 2.28. The molecule has 5 heteroatoms. The molecule has 1 saturated carbocycles. The number of hydrogen-bond acceptors (Lipinski definition) is 4. The van der Waals surface area contributed by atoms with Gasteiger partial charge in [-0.05, 0) is 73.9 Å². The van der Waals surface area contributed by atoms with Crippen molar-refractivity contribution in [2.45, 2.75) is 57.5 Å². The summed E-state index contributed by atoms with van der Waals surface area (Å²) in [6, 6.07) is 2.59. The van der Waals surface area contributed by atoms with Crippen LogP contribution in [0.4, 0.5) is 0 Å². The lowest BCUT2D eigenvalue weighted by Gasteiger charge is -2.32. The second kappa shape index (κ2) is 8.77. The van der Waals surface area contributed by atoms with E-state index in [0.717, 1.165) is 64.8 Å². The molecule has 4 rings (SSSR count). The highest BCUT2D eigenvalue weighted by molar-refractivity contribution is 7.10. The highest BCUT2D eigenvalue weighted by Gasteiger charge is 2.30. The normalized spacial score (nSPS) is 28.5. The molecule has 3 aliphatic rings. The first-order chi connectivity index (χ1) is 13.2. The van der Waals surface area contributed by atoms with Gasteiger partial charge in [0.1, 0.15) is 0 Å². The summed E-state index contributed by atoms with van der Waals surface area (Å²) in [7, 11) is 0. The van der Waals surface area contributed by atoms with Gasteiger partial charge in [-0.2, -0.15) is 0 Å². The van der Waals surface area contributed by atoms with Gasteiger partial charge >= 0.3 is 0 Å². The summed E-state index contributed by atoms with van der Waals surface area (Å²) >= 11 is 1.88. The molecule has 0 unspecified atom stereocenters. The molecule has 1 aromatic rings. The summed E-state index contributed by atoms with van der Waals surface area (Å²) in [5.41, 5.74) is 7.30. The smallest absolute Gasteiger partial charge is 0.298 e. The number of rotatable bonds is 3. The van der Waals surface area contributed by atoms with E-state index >= 15 is 0 Å². The maximum atomic E-state index is 12.8. The quantitative estimate of drug-likeness (QED) is 0.814. The van der Waals surface area contributed by atoms with E-state index in [1.54, 1.807) is 4.88 Å². The fraction of sp³-hybridized carbons (Fsp3) is 0.682. The van der Waals surface area contributed by atoms with Gasteiger partial charge in [-0.3, -0.25) is 9.69 Å². The summed E-state index contributed by atoms with van der Waals surface area (Å²) < 4.78 is 0. The Morgan fingerprint density at radius 3 is 3.07 bits per heavy atom. The third kappa shape index (κ3) is 4.56. The second-order valence-electron chi connectivity index (χ2n) is 8.38. The van der Waals surface area contributed by atoms with Gasteiger partial charge in [0.05, 0.1) is 0 Å². The number of thiophene rings is 1. The molecule has 146 valence electrons. The van der Waals surface area contributed by atoms with Crippen LogP contribution in [0.1, 0.15) is 49.0 Å². The molecule has 2 N–H and O–H groups in total. The zero-order valence-electron chi connectivity index (χ0n) is 16.2. The molecule has 1 aliphatic carbocycles. The van der Waals surface area contributed by atoms with Crippen LogP contribution < -0.4 is 5.73 Å². The molecular formula is C22H31N3OS. The lowest BCUT2D eigenvalue weighted by Crippen LogP contribution is -2.44. The number of nitrogens with two attached hydrogens (primary N) is 1. The molecule has 1 amide bonds. The van der Waals surface area contributed by atoms with Gasteiger partial charge in [0.15, 0.2) is 0 Å². The van der Waals surface area contributed by atoms with Gasteiger partial charge < -0.3 is 10.6 Å². The summed E-state index contributed by atoms with van der Waals surface area (Å²) in [5.74, 6) is 7.28. The van der Waals surface area contributed by atoms with E-state index in [1.165, 1.54) is 18.4 Å². The van der Waals surface area contributed by atoms with Crippen molar-refractivity contribution in [2.24, 2.45) is 17.6 Å². The molecule has 1 saturated heterocycles. The van der Waals surface area contributed by atoms with Crippen molar-refractivity contribution in [3.8, 4) is 11.8 Å².